The maximum absolute atomic E-state index is 14.0. The van der Waals surface area contributed by atoms with Gasteiger partial charge in [0.1, 0.15) is 17.3 Å². The molecule has 1 unspecified atom stereocenters. The van der Waals surface area contributed by atoms with E-state index in [1.165, 1.54) is 35.4 Å². The first kappa shape index (κ1) is 22.2. The molecule has 1 amide bonds. The number of benzene rings is 1. The minimum atomic E-state index is -4.57. The van der Waals surface area contributed by atoms with E-state index in [1.807, 2.05) is 0 Å². The van der Waals surface area contributed by atoms with Crippen LogP contribution < -0.4 is 5.32 Å². The Hall–Kier alpha value is -3.57. The maximum atomic E-state index is 14.0. The number of hydrogen-bond acceptors (Lipinski definition) is 6. The van der Waals surface area contributed by atoms with Crippen LogP contribution in [-0.2, 0) is 6.18 Å². The van der Waals surface area contributed by atoms with Gasteiger partial charge in [-0.25, -0.2) is 14.4 Å². The molecule has 2 atom stereocenters. The number of hydrogen-bond donors (Lipinski definition) is 1. The summed E-state index contributed by atoms with van der Waals surface area (Å²) in [6.45, 7) is 2.35. The van der Waals surface area contributed by atoms with Crippen LogP contribution in [0.2, 0.25) is 0 Å². The van der Waals surface area contributed by atoms with Gasteiger partial charge < -0.3 is 10.2 Å². The van der Waals surface area contributed by atoms with Crippen molar-refractivity contribution in [3.05, 3.63) is 60.1 Å². The molecule has 2 bridgehead atoms. The average molecular weight is 475 g/mol. The van der Waals surface area contributed by atoms with Crippen molar-refractivity contribution in [3.8, 4) is 5.69 Å². The van der Waals surface area contributed by atoms with Gasteiger partial charge in [-0.2, -0.15) is 28.2 Å². The van der Waals surface area contributed by atoms with Crippen molar-refractivity contribution in [1.29, 1.82) is 0 Å². The highest BCUT2D eigenvalue weighted by Gasteiger charge is 2.50. The summed E-state index contributed by atoms with van der Waals surface area (Å²) in [6.07, 6.45) is 1.77. The molecule has 12 heteroatoms. The van der Waals surface area contributed by atoms with Crippen LogP contribution in [0.15, 0.2) is 43.0 Å². The first-order valence-corrected chi connectivity index (χ1v) is 10.8. The number of alkyl halides is 3. The van der Waals surface area contributed by atoms with E-state index in [2.05, 4.69) is 32.4 Å². The molecule has 178 valence electrons. The highest BCUT2D eigenvalue weighted by atomic mass is 19.4. The number of carbonyl (C=O) groups excluding carboxylic acids is 1. The summed E-state index contributed by atoms with van der Waals surface area (Å²) in [6, 6.07) is 3.66. The molecule has 2 saturated heterocycles. The van der Waals surface area contributed by atoms with Gasteiger partial charge >= 0.3 is 6.18 Å². The van der Waals surface area contributed by atoms with Crippen LogP contribution in [0.4, 0.5) is 23.4 Å². The third-order valence-corrected chi connectivity index (χ3v) is 6.74. The summed E-state index contributed by atoms with van der Waals surface area (Å²) in [7, 11) is 0. The quantitative estimate of drug-likeness (QED) is 0.568. The summed E-state index contributed by atoms with van der Waals surface area (Å²) in [5.74, 6) is 0.0110. The van der Waals surface area contributed by atoms with E-state index >= 15 is 0 Å². The first-order valence-electron chi connectivity index (χ1n) is 10.8. The van der Waals surface area contributed by atoms with Crippen molar-refractivity contribution >= 4 is 11.7 Å². The lowest BCUT2D eigenvalue weighted by Crippen LogP contribution is -2.64. The SMILES string of the molecule is C[C@@H]1C2CC(C2)N(C(=O)c2ccc(F)cc2-n2nccn2)C1CNc1cnc(C(F)(F)F)cn1. The average Bonchev–Trinajstić information content (AvgIpc) is 3.31. The molecule has 6 rings (SSSR count). The highest BCUT2D eigenvalue weighted by Crippen LogP contribution is 2.47. The standard InChI is InChI=1S/C22H21F4N7O/c1-12-13-6-15(7-13)32(18(12)9-28-20-11-27-19(10-29-20)22(24,25)26)21(34)16-3-2-14(23)8-17(16)33-30-4-5-31-33/h2-5,8,10-13,15,18H,6-7,9H2,1H3,(H,28,29)/t12-,13?,15?,18?/m1/s1. The second-order valence-electron chi connectivity index (χ2n) is 8.67. The number of rotatable bonds is 5. The van der Waals surface area contributed by atoms with Crippen molar-refractivity contribution in [2.75, 3.05) is 11.9 Å². The zero-order valence-corrected chi connectivity index (χ0v) is 18.1. The summed E-state index contributed by atoms with van der Waals surface area (Å²) >= 11 is 0. The Morgan fingerprint density at radius 1 is 1.15 bits per heavy atom. The highest BCUT2D eigenvalue weighted by molar-refractivity contribution is 5.98. The lowest BCUT2D eigenvalue weighted by molar-refractivity contribution is -0.141. The Labute approximate surface area is 192 Å². The second-order valence-corrected chi connectivity index (χ2v) is 8.67. The Morgan fingerprint density at radius 2 is 1.88 bits per heavy atom. The van der Waals surface area contributed by atoms with Crippen LogP contribution in [0.5, 0.6) is 0 Å². The molecule has 1 aliphatic carbocycles. The molecule has 1 N–H and O–H groups in total. The predicted octanol–water partition coefficient (Wildman–Crippen LogP) is 3.57. The zero-order valence-electron chi connectivity index (χ0n) is 18.1. The molecule has 3 aliphatic rings. The van der Waals surface area contributed by atoms with E-state index in [9.17, 15) is 22.4 Å². The molecule has 8 nitrogen and oxygen atoms in total. The van der Waals surface area contributed by atoms with Crippen LogP contribution in [0.1, 0.15) is 35.8 Å². The van der Waals surface area contributed by atoms with Crippen molar-refractivity contribution in [2.45, 2.75) is 38.0 Å². The molecule has 0 radical (unpaired) electrons. The number of carbonyl (C=O) groups is 1. The molecule has 3 fully saturated rings. The number of piperidine rings is 2. The smallest absolute Gasteiger partial charge is 0.367 e. The lowest BCUT2D eigenvalue weighted by Gasteiger charge is -2.57. The van der Waals surface area contributed by atoms with Crippen molar-refractivity contribution in [1.82, 2.24) is 29.9 Å². The summed E-state index contributed by atoms with van der Waals surface area (Å²) in [5, 5.41) is 11.1. The fourth-order valence-corrected chi connectivity index (χ4v) is 4.83. The van der Waals surface area contributed by atoms with E-state index in [4.69, 9.17) is 0 Å². The molecular weight excluding hydrogens is 454 g/mol. The maximum Gasteiger partial charge on any atom is 0.434 e. The van der Waals surface area contributed by atoms with Gasteiger partial charge in [0.15, 0.2) is 5.69 Å². The molecule has 34 heavy (non-hydrogen) atoms. The molecule has 2 aromatic heterocycles. The molecule has 3 aromatic rings. The number of nitrogens with one attached hydrogen (secondary N) is 1. The normalized spacial score (nSPS) is 24.0. The minimum absolute atomic E-state index is 0.0303. The van der Waals surface area contributed by atoms with Crippen molar-refractivity contribution in [2.24, 2.45) is 11.8 Å². The van der Waals surface area contributed by atoms with E-state index in [0.717, 1.165) is 19.0 Å². The summed E-state index contributed by atoms with van der Waals surface area (Å²) < 4.78 is 52.3. The van der Waals surface area contributed by atoms with Gasteiger partial charge in [0.05, 0.1) is 36.4 Å². The minimum Gasteiger partial charge on any atom is -0.367 e. The van der Waals surface area contributed by atoms with E-state index < -0.39 is 17.7 Å². The van der Waals surface area contributed by atoms with Crippen molar-refractivity contribution < 1.29 is 22.4 Å². The van der Waals surface area contributed by atoms with Gasteiger partial charge in [0.2, 0.25) is 0 Å². The Balaban J connectivity index is 1.40. The fraction of sp³-hybridized carbons (Fsp3) is 0.409. The lowest BCUT2D eigenvalue weighted by atomic mass is 9.64. The molecule has 1 aromatic carbocycles. The Morgan fingerprint density at radius 3 is 2.53 bits per heavy atom. The largest absolute Gasteiger partial charge is 0.434 e. The van der Waals surface area contributed by atoms with Crippen molar-refractivity contribution in [3.63, 3.8) is 0 Å². The third-order valence-electron chi connectivity index (χ3n) is 6.74. The van der Waals surface area contributed by atoms with E-state index in [0.29, 0.717) is 12.1 Å². The van der Waals surface area contributed by atoms with Gasteiger partial charge in [-0.3, -0.25) is 4.79 Å². The van der Waals surface area contributed by atoms with Gasteiger partial charge in [-0.15, -0.1) is 0 Å². The molecule has 0 spiro atoms. The number of nitrogens with zero attached hydrogens (tertiary/aromatic N) is 6. The van der Waals surface area contributed by atoms with Gasteiger partial charge in [-0.1, -0.05) is 6.92 Å². The summed E-state index contributed by atoms with van der Waals surface area (Å²) in [4.78, 5) is 24.0. The number of aromatic nitrogens is 5. The molecular formula is C22H21F4N7O. The van der Waals surface area contributed by atoms with Gasteiger partial charge in [0, 0.05) is 18.7 Å². The monoisotopic (exact) mass is 475 g/mol. The second kappa shape index (κ2) is 8.33. The zero-order chi connectivity index (χ0) is 24.0. The molecule has 2 aliphatic heterocycles. The van der Waals surface area contributed by atoms with Gasteiger partial charge in [-0.05, 0) is 36.8 Å². The van der Waals surface area contributed by atoms with Crippen LogP contribution in [0.3, 0.4) is 0 Å². The topological polar surface area (TPSA) is 88.8 Å². The van der Waals surface area contributed by atoms with Crippen LogP contribution >= 0.6 is 0 Å². The number of halogens is 4. The van der Waals surface area contributed by atoms with Crippen LogP contribution in [0.25, 0.3) is 5.69 Å². The molecule has 1 saturated carbocycles. The Bertz CT molecular complexity index is 1180. The molecule has 4 heterocycles. The van der Waals surface area contributed by atoms with Crippen LogP contribution in [0, 0.1) is 17.7 Å². The van der Waals surface area contributed by atoms with Gasteiger partial charge in [0.25, 0.3) is 5.91 Å². The van der Waals surface area contributed by atoms with E-state index in [-0.39, 0.29) is 47.5 Å². The van der Waals surface area contributed by atoms with Crippen LogP contribution in [-0.4, -0.2) is 54.4 Å². The fourth-order valence-electron chi connectivity index (χ4n) is 4.83. The third kappa shape index (κ3) is 3.97. The van der Waals surface area contributed by atoms with E-state index in [1.54, 1.807) is 4.90 Å². The predicted molar refractivity (Wildman–Crippen MR) is 112 cm³/mol. The first-order chi connectivity index (χ1) is 16.2. The summed E-state index contributed by atoms with van der Waals surface area (Å²) in [5.41, 5.74) is -0.558. The Kier molecular flexibility index (Phi) is 5.45. The number of anilines is 1. The number of fused-ring (bicyclic) bond motifs is 2. The number of amides is 1.